The maximum Gasteiger partial charge on any atom is 0.317 e. The van der Waals surface area contributed by atoms with Crippen molar-refractivity contribution >= 4 is 29.9 Å². The van der Waals surface area contributed by atoms with Crippen LogP contribution in [0.5, 0.6) is 5.75 Å². The minimum absolute atomic E-state index is 0.00413. The van der Waals surface area contributed by atoms with E-state index in [4.69, 9.17) is 4.74 Å². The van der Waals surface area contributed by atoms with E-state index in [9.17, 15) is 24.6 Å². The van der Waals surface area contributed by atoms with Crippen LogP contribution in [0.1, 0.15) is 92.9 Å². The van der Waals surface area contributed by atoms with Crippen LogP contribution >= 0.6 is 0 Å². The van der Waals surface area contributed by atoms with Crippen molar-refractivity contribution < 1.29 is 29.3 Å². The second-order valence-corrected chi connectivity index (χ2v) is 16.5. The summed E-state index contributed by atoms with van der Waals surface area (Å²) in [5.74, 6) is -0.0908. The van der Waals surface area contributed by atoms with Gasteiger partial charge in [-0.05, 0) is 114 Å². The number of esters is 1. The smallest absolute Gasteiger partial charge is 0.317 e. The Balaban J connectivity index is 0.904. The van der Waals surface area contributed by atoms with Crippen LogP contribution in [0.2, 0.25) is 0 Å². The van der Waals surface area contributed by atoms with Crippen molar-refractivity contribution in [2.45, 2.75) is 56.7 Å². The van der Waals surface area contributed by atoms with Gasteiger partial charge in [0.2, 0.25) is 0 Å². The Labute approximate surface area is 365 Å². The lowest BCUT2D eigenvalue weighted by Crippen LogP contribution is -2.38. The van der Waals surface area contributed by atoms with Gasteiger partial charge in [0.25, 0.3) is 5.91 Å². The summed E-state index contributed by atoms with van der Waals surface area (Å²) in [6.45, 7) is 5.37. The van der Waals surface area contributed by atoms with Crippen LogP contribution < -0.4 is 10.6 Å². The van der Waals surface area contributed by atoms with Crippen LogP contribution in [-0.2, 0) is 27.4 Å². The van der Waals surface area contributed by atoms with Crippen LogP contribution in [0, 0.1) is 5.92 Å². The Kier molecular flexibility index (Phi) is 15.4. The molecular weight excluding hydrogens is 777 g/mol. The number of anilines is 1. The maximum atomic E-state index is 13.9. The molecule has 7 rings (SSSR count). The van der Waals surface area contributed by atoms with Crippen molar-refractivity contribution in [3.8, 4) is 5.75 Å². The average Bonchev–Trinajstić information content (AvgIpc) is 3.31. The van der Waals surface area contributed by atoms with E-state index < -0.39 is 12.0 Å². The highest BCUT2D eigenvalue weighted by Crippen LogP contribution is 2.35. The second kappa shape index (κ2) is 21.6. The van der Waals surface area contributed by atoms with Crippen LogP contribution in [-0.4, -0.2) is 84.6 Å². The molecule has 0 radical (unpaired) electrons. The molecule has 2 unspecified atom stereocenters. The molecule has 4 N–H and O–H groups in total. The van der Waals surface area contributed by atoms with Gasteiger partial charge in [0, 0.05) is 50.9 Å². The van der Waals surface area contributed by atoms with Gasteiger partial charge >= 0.3 is 5.97 Å². The molecule has 0 aromatic heterocycles. The highest BCUT2D eigenvalue weighted by atomic mass is 16.5. The number of allylic oxidation sites excluding steroid dienone is 1. The Morgan fingerprint density at radius 2 is 1.50 bits per heavy atom. The molecule has 0 aliphatic carbocycles. The number of phenolic OH excluding ortho intramolecular Hbond substituents is 1. The third kappa shape index (κ3) is 11.2. The Morgan fingerprint density at radius 3 is 2.19 bits per heavy atom. The van der Waals surface area contributed by atoms with Gasteiger partial charge in [-0.15, -0.1) is 0 Å². The zero-order valence-corrected chi connectivity index (χ0v) is 35.5. The molecule has 10 heteroatoms. The van der Waals surface area contributed by atoms with Crippen molar-refractivity contribution in [3.05, 3.63) is 172 Å². The lowest BCUT2D eigenvalue weighted by Gasteiger charge is -2.33. The number of piperidine rings is 2. The third-order valence-electron chi connectivity index (χ3n) is 12.4. The topological polar surface area (TPSA) is 131 Å². The summed E-state index contributed by atoms with van der Waals surface area (Å²) < 4.78 is 6.12. The highest BCUT2D eigenvalue weighted by molar-refractivity contribution is 5.94. The normalized spacial score (nSPS) is 16.2. The quantitative estimate of drug-likeness (QED) is 0.0318. The number of rotatable bonds is 17. The number of carbonyl (C=O) groups excluding carboxylic acids is 3. The average molecular weight is 835 g/mol. The van der Waals surface area contributed by atoms with E-state index in [1.807, 2.05) is 77.7 Å². The third-order valence-corrected chi connectivity index (χ3v) is 12.4. The molecule has 2 fully saturated rings. The van der Waals surface area contributed by atoms with E-state index in [1.165, 1.54) is 23.3 Å². The summed E-state index contributed by atoms with van der Waals surface area (Å²) in [6.07, 6.45) is 6.31. The number of nitrogens with zero attached hydrogens (tertiary/aromatic N) is 2. The molecule has 1 amide bonds. The molecule has 2 atom stereocenters. The van der Waals surface area contributed by atoms with Gasteiger partial charge in [-0.25, -0.2) is 0 Å². The number of amides is 1. The number of aromatic hydroxyl groups is 1. The molecule has 5 aromatic rings. The van der Waals surface area contributed by atoms with Crippen molar-refractivity contribution in [1.29, 1.82) is 0 Å². The summed E-state index contributed by atoms with van der Waals surface area (Å²) in [7, 11) is 1.67. The van der Waals surface area contributed by atoms with Gasteiger partial charge < -0.3 is 30.5 Å². The number of carbonyl (C=O) groups is 3. The fourth-order valence-corrected chi connectivity index (χ4v) is 8.86. The molecule has 0 bridgehead atoms. The standard InChI is InChI=1S/C52H58N4O6/c1-53-50-46(16-9-31-57)45(21-22-47(50)58)48(59)34-54-33-37-17-19-42(20-18-37)51(60)56-29-25-40(26-30-56)43-14-8-15-44(32-43)49(41-12-6-3-7-13-41)52(61)62-36-39-23-27-55(28-24-39)35-38-10-4-2-5-11-38/h2-22,31-32,39-40,48-49,53-54,58-59H,23-30,33-36H2,1H3/b16-9-. The number of aliphatic hydroxyl groups is 1. The number of aldehydes is 1. The van der Waals surface area contributed by atoms with Gasteiger partial charge in [0.05, 0.1) is 18.4 Å². The number of likely N-dealkylation sites (tertiary alicyclic amines) is 2. The monoisotopic (exact) mass is 834 g/mol. The minimum Gasteiger partial charge on any atom is -0.506 e. The molecule has 322 valence electrons. The summed E-state index contributed by atoms with van der Waals surface area (Å²) in [5.41, 5.74) is 7.50. The number of aliphatic hydroxyl groups excluding tert-OH is 1. The molecule has 0 spiro atoms. The van der Waals surface area contributed by atoms with Gasteiger partial charge in [-0.3, -0.25) is 19.3 Å². The fourth-order valence-electron chi connectivity index (χ4n) is 8.86. The lowest BCUT2D eigenvalue weighted by atomic mass is 9.85. The number of hydrogen-bond acceptors (Lipinski definition) is 9. The van der Waals surface area contributed by atoms with Gasteiger partial charge in [-0.1, -0.05) is 103 Å². The first kappa shape index (κ1) is 44.0. The summed E-state index contributed by atoms with van der Waals surface area (Å²) in [5, 5.41) is 27.4. The molecule has 10 nitrogen and oxygen atoms in total. The fraction of sp³-hybridized carbons (Fsp3) is 0.327. The van der Waals surface area contributed by atoms with Crippen molar-refractivity contribution in [1.82, 2.24) is 15.1 Å². The Bertz CT molecular complexity index is 2270. The van der Waals surface area contributed by atoms with Crippen LogP contribution in [0.4, 0.5) is 5.69 Å². The summed E-state index contributed by atoms with van der Waals surface area (Å²) in [6, 6.07) is 39.6. The SMILES string of the molecule is CNc1c(O)ccc(C(O)CNCc2ccc(C(=O)N3CCC(c4cccc(C(C(=O)OCC5CCN(Cc6ccccc6)CC5)c5ccccc5)c4)CC3)cc2)c1/C=C\C=O. The number of hydrogen-bond donors (Lipinski definition) is 4. The lowest BCUT2D eigenvalue weighted by molar-refractivity contribution is -0.146. The number of ether oxygens (including phenoxy) is 1. The van der Waals surface area contributed by atoms with Crippen molar-refractivity contribution in [2.24, 2.45) is 5.92 Å². The molecule has 5 aromatic carbocycles. The number of nitrogens with one attached hydrogen (secondary N) is 2. The molecule has 2 saturated heterocycles. The van der Waals surface area contributed by atoms with Crippen molar-refractivity contribution in [2.75, 3.05) is 51.7 Å². The van der Waals surface area contributed by atoms with Gasteiger partial charge in [-0.2, -0.15) is 0 Å². The zero-order valence-electron chi connectivity index (χ0n) is 35.5. The first-order valence-electron chi connectivity index (χ1n) is 21.8. The highest BCUT2D eigenvalue weighted by Gasteiger charge is 2.29. The van der Waals surface area contributed by atoms with E-state index in [0.717, 1.165) is 62.0 Å². The Hall–Kier alpha value is -6.07. The number of phenols is 1. The largest absolute Gasteiger partial charge is 0.506 e. The maximum absolute atomic E-state index is 13.9. The first-order chi connectivity index (χ1) is 30.3. The van der Waals surface area contributed by atoms with E-state index in [2.05, 4.69) is 51.9 Å². The van der Waals surface area contributed by atoms with Gasteiger partial charge in [0.15, 0.2) is 0 Å². The van der Waals surface area contributed by atoms with E-state index in [1.54, 1.807) is 19.2 Å². The Morgan fingerprint density at radius 1 is 0.806 bits per heavy atom. The van der Waals surface area contributed by atoms with Crippen molar-refractivity contribution in [3.63, 3.8) is 0 Å². The molecule has 2 aliphatic rings. The number of benzene rings is 5. The van der Waals surface area contributed by atoms with E-state index in [0.29, 0.717) is 60.8 Å². The second-order valence-electron chi connectivity index (χ2n) is 16.5. The predicted octanol–water partition coefficient (Wildman–Crippen LogP) is 8.08. The predicted molar refractivity (Wildman–Crippen MR) is 244 cm³/mol. The molecular formula is C52H58N4O6. The zero-order chi connectivity index (χ0) is 43.3. The van der Waals surface area contributed by atoms with Crippen LogP contribution in [0.3, 0.4) is 0 Å². The minimum atomic E-state index is -0.892. The molecule has 2 aliphatic heterocycles. The molecule has 2 heterocycles. The molecule has 0 saturated carbocycles. The van der Waals surface area contributed by atoms with E-state index in [-0.39, 0.29) is 30.1 Å². The summed E-state index contributed by atoms with van der Waals surface area (Å²) in [4.78, 5) is 42.9. The van der Waals surface area contributed by atoms with Gasteiger partial charge in [0.1, 0.15) is 18.0 Å². The van der Waals surface area contributed by atoms with Crippen LogP contribution in [0.15, 0.2) is 127 Å². The van der Waals surface area contributed by atoms with E-state index >= 15 is 0 Å². The summed E-state index contributed by atoms with van der Waals surface area (Å²) >= 11 is 0. The first-order valence-corrected chi connectivity index (χ1v) is 21.8. The van der Waals surface area contributed by atoms with Crippen LogP contribution in [0.25, 0.3) is 6.08 Å². The molecule has 62 heavy (non-hydrogen) atoms.